The van der Waals surface area contributed by atoms with Crippen molar-refractivity contribution in [3.05, 3.63) is 69.2 Å². The van der Waals surface area contributed by atoms with Gasteiger partial charge in [-0.2, -0.15) is 5.26 Å². The summed E-state index contributed by atoms with van der Waals surface area (Å²) in [5.41, 5.74) is 3.57. The Kier molecular flexibility index (Phi) is 3.52. The van der Waals surface area contributed by atoms with E-state index in [1.165, 1.54) is 3.57 Å². The number of benzene rings is 1. The Labute approximate surface area is 130 Å². The molecule has 3 aromatic rings. The van der Waals surface area contributed by atoms with Crippen LogP contribution in [0.5, 0.6) is 0 Å². The van der Waals surface area contributed by atoms with E-state index in [1.807, 2.05) is 65.3 Å². The SMILES string of the molecule is N#Cc1ccc(/C=C\c2cn3cc(I)ccc3n2)cc1. The maximum absolute atomic E-state index is 8.76. The van der Waals surface area contributed by atoms with Gasteiger partial charge < -0.3 is 4.40 Å². The van der Waals surface area contributed by atoms with Crippen LogP contribution in [-0.4, -0.2) is 9.38 Å². The Bertz CT molecular complexity index is 823. The summed E-state index contributed by atoms with van der Waals surface area (Å²) in [6.07, 6.45) is 8.01. The van der Waals surface area contributed by atoms with E-state index < -0.39 is 0 Å². The first-order chi connectivity index (χ1) is 9.74. The van der Waals surface area contributed by atoms with Crippen LogP contribution in [0.4, 0.5) is 0 Å². The van der Waals surface area contributed by atoms with Crippen LogP contribution in [0.2, 0.25) is 0 Å². The lowest BCUT2D eigenvalue weighted by Crippen LogP contribution is -1.82. The van der Waals surface area contributed by atoms with Gasteiger partial charge in [0.05, 0.1) is 17.3 Å². The molecule has 0 amide bonds. The van der Waals surface area contributed by atoms with Crippen molar-refractivity contribution < 1.29 is 0 Å². The minimum absolute atomic E-state index is 0.671. The van der Waals surface area contributed by atoms with Crippen molar-refractivity contribution in [1.82, 2.24) is 9.38 Å². The minimum atomic E-state index is 0.671. The Balaban J connectivity index is 1.88. The highest BCUT2D eigenvalue weighted by Crippen LogP contribution is 2.12. The van der Waals surface area contributed by atoms with E-state index in [9.17, 15) is 0 Å². The van der Waals surface area contributed by atoms with Crippen LogP contribution in [0.15, 0.2) is 48.8 Å². The molecule has 0 bridgehead atoms. The average Bonchev–Trinajstić information content (AvgIpc) is 2.87. The maximum Gasteiger partial charge on any atom is 0.137 e. The monoisotopic (exact) mass is 371 g/mol. The number of pyridine rings is 1. The zero-order valence-corrected chi connectivity index (χ0v) is 12.7. The molecule has 0 saturated heterocycles. The van der Waals surface area contributed by atoms with Crippen molar-refractivity contribution in [2.24, 2.45) is 0 Å². The fraction of sp³-hybridized carbons (Fsp3) is 0. The van der Waals surface area contributed by atoms with Gasteiger partial charge in [-0.3, -0.25) is 0 Å². The molecule has 20 heavy (non-hydrogen) atoms. The van der Waals surface area contributed by atoms with E-state index in [-0.39, 0.29) is 0 Å². The van der Waals surface area contributed by atoms with Crippen molar-refractivity contribution in [1.29, 1.82) is 5.26 Å². The summed E-state index contributed by atoms with van der Waals surface area (Å²) < 4.78 is 3.19. The molecule has 96 valence electrons. The molecule has 1 aromatic carbocycles. The molecular formula is C16H10IN3. The van der Waals surface area contributed by atoms with Crippen LogP contribution >= 0.6 is 22.6 Å². The molecule has 3 nitrogen and oxygen atoms in total. The molecular weight excluding hydrogens is 361 g/mol. The van der Waals surface area contributed by atoms with Crippen LogP contribution < -0.4 is 0 Å². The molecule has 0 saturated carbocycles. The zero-order valence-electron chi connectivity index (χ0n) is 10.5. The number of hydrogen-bond acceptors (Lipinski definition) is 2. The summed E-state index contributed by atoms with van der Waals surface area (Å²) >= 11 is 2.28. The van der Waals surface area contributed by atoms with Gasteiger partial charge in [0.2, 0.25) is 0 Å². The number of aromatic nitrogens is 2. The van der Waals surface area contributed by atoms with Gasteiger partial charge in [-0.15, -0.1) is 0 Å². The second kappa shape index (κ2) is 5.47. The Hall–Kier alpha value is -2.13. The Morgan fingerprint density at radius 2 is 1.85 bits per heavy atom. The first-order valence-corrected chi connectivity index (χ1v) is 7.15. The molecule has 2 heterocycles. The summed E-state index contributed by atoms with van der Waals surface area (Å²) in [5.74, 6) is 0. The number of halogens is 1. The van der Waals surface area contributed by atoms with Crippen molar-refractivity contribution >= 4 is 40.4 Å². The molecule has 2 aromatic heterocycles. The molecule has 0 N–H and O–H groups in total. The first-order valence-electron chi connectivity index (χ1n) is 6.07. The third kappa shape index (κ3) is 2.73. The molecule has 0 atom stereocenters. The molecule has 0 aliphatic heterocycles. The molecule has 4 heteroatoms. The van der Waals surface area contributed by atoms with Crippen LogP contribution in [0.25, 0.3) is 17.8 Å². The number of nitriles is 1. The van der Waals surface area contributed by atoms with Gasteiger partial charge in [0.1, 0.15) is 5.65 Å². The summed E-state index contributed by atoms with van der Waals surface area (Å²) in [6.45, 7) is 0. The van der Waals surface area contributed by atoms with Gasteiger partial charge in [0, 0.05) is 16.0 Å². The molecule has 0 radical (unpaired) electrons. The van der Waals surface area contributed by atoms with E-state index in [1.54, 1.807) is 0 Å². The topological polar surface area (TPSA) is 41.1 Å². The van der Waals surface area contributed by atoms with Crippen molar-refractivity contribution in [2.45, 2.75) is 0 Å². The summed E-state index contributed by atoms with van der Waals surface area (Å²) in [6, 6.07) is 13.6. The van der Waals surface area contributed by atoms with E-state index in [2.05, 4.69) is 33.6 Å². The van der Waals surface area contributed by atoms with Crippen LogP contribution in [-0.2, 0) is 0 Å². The summed E-state index contributed by atoms with van der Waals surface area (Å²) in [7, 11) is 0. The largest absolute Gasteiger partial charge is 0.305 e. The molecule has 0 fully saturated rings. The standard InChI is InChI=1S/C16H10IN3/c17-14-6-8-16-19-15(11-20(16)10-14)7-5-12-1-3-13(9-18)4-2-12/h1-8,10-11H/b7-5-. The van der Waals surface area contributed by atoms with E-state index in [0.29, 0.717) is 5.56 Å². The number of rotatable bonds is 2. The minimum Gasteiger partial charge on any atom is -0.305 e. The highest BCUT2D eigenvalue weighted by Gasteiger charge is 1.98. The van der Waals surface area contributed by atoms with Gasteiger partial charge in [-0.05, 0) is 58.5 Å². The van der Waals surface area contributed by atoms with Crippen molar-refractivity contribution in [3.8, 4) is 6.07 Å². The molecule has 0 spiro atoms. The number of hydrogen-bond donors (Lipinski definition) is 0. The molecule has 0 aliphatic rings. The van der Waals surface area contributed by atoms with Crippen LogP contribution in [0.1, 0.15) is 16.8 Å². The Morgan fingerprint density at radius 3 is 2.60 bits per heavy atom. The van der Waals surface area contributed by atoms with Gasteiger partial charge in [-0.25, -0.2) is 4.98 Å². The Morgan fingerprint density at radius 1 is 1.05 bits per heavy atom. The smallest absolute Gasteiger partial charge is 0.137 e. The quantitative estimate of drug-likeness (QED) is 0.640. The predicted octanol–water partition coefficient (Wildman–Crippen LogP) is 3.98. The third-order valence-electron chi connectivity index (χ3n) is 2.92. The average molecular weight is 371 g/mol. The van der Waals surface area contributed by atoms with Crippen LogP contribution in [0.3, 0.4) is 0 Å². The van der Waals surface area contributed by atoms with Crippen molar-refractivity contribution in [3.63, 3.8) is 0 Å². The second-order valence-corrected chi connectivity index (χ2v) is 5.59. The second-order valence-electron chi connectivity index (χ2n) is 4.35. The highest BCUT2D eigenvalue weighted by molar-refractivity contribution is 14.1. The molecule has 3 rings (SSSR count). The van der Waals surface area contributed by atoms with E-state index in [0.717, 1.165) is 16.9 Å². The number of nitrogens with zero attached hydrogens (tertiary/aromatic N) is 3. The fourth-order valence-corrected chi connectivity index (χ4v) is 2.39. The van der Waals surface area contributed by atoms with Gasteiger partial charge in [0.25, 0.3) is 0 Å². The van der Waals surface area contributed by atoms with Gasteiger partial charge >= 0.3 is 0 Å². The lowest BCUT2D eigenvalue weighted by molar-refractivity contribution is 1.17. The number of fused-ring (bicyclic) bond motifs is 1. The normalized spacial score (nSPS) is 11.0. The summed E-state index contributed by atoms with van der Waals surface area (Å²) in [4.78, 5) is 4.52. The predicted molar refractivity (Wildman–Crippen MR) is 88.0 cm³/mol. The fourth-order valence-electron chi connectivity index (χ4n) is 1.91. The third-order valence-corrected chi connectivity index (χ3v) is 3.56. The van der Waals surface area contributed by atoms with Gasteiger partial charge in [-0.1, -0.05) is 18.2 Å². The lowest BCUT2D eigenvalue weighted by atomic mass is 10.1. The van der Waals surface area contributed by atoms with Crippen LogP contribution in [0, 0.1) is 14.9 Å². The first kappa shape index (κ1) is 12.9. The lowest BCUT2D eigenvalue weighted by Gasteiger charge is -1.92. The summed E-state index contributed by atoms with van der Waals surface area (Å²) in [5, 5.41) is 8.76. The number of imidazole rings is 1. The maximum atomic E-state index is 8.76. The van der Waals surface area contributed by atoms with E-state index in [4.69, 9.17) is 5.26 Å². The molecule has 0 aliphatic carbocycles. The van der Waals surface area contributed by atoms with Crippen molar-refractivity contribution in [2.75, 3.05) is 0 Å². The van der Waals surface area contributed by atoms with E-state index >= 15 is 0 Å². The van der Waals surface area contributed by atoms with Gasteiger partial charge in [0.15, 0.2) is 0 Å². The zero-order chi connectivity index (χ0) is 13.9. The molecule has 0 unspecified atom stereocenters. The highest BCUT2D eigenvalue weighted by atomic mass is 127.